The lowest BCUT2D eigenvalue weighted by Crippen LogP contribution is -2.48. The number of benzene rings is 1. The van der Waals surface area contributed by atoms with Crippen molar-refractivity contribution in [2.75, 3.05) is 24.6 Å². The molecule has 2 saturated heterocycles. The van der Waals surface area contributed by atoms with Gasteiger partial charge in [-0.3, -0.25) is 4.90 Å². The molecule has 4 nitrogen and oxygen atoms in total. The topological polar surface area (TPSA) is 57.6 Å². The molecule has 2 aliphatic heterocycles. The number of sulfone groups is 1. The third kappa shape index (κ3) is 3.70. The Kier molecular flexibility index (Phi) is 4.57. The Labute approximate surface area is 133 Å². The van der Waals surface area contributed by atoms with E-state index in [9.17, 15) is 13.5 Å². The van der Waals surface area contributed by atoms with E-state index >= 15 is 0 Å². The molecule has 3 atom stereocenters. The predicted octanol–water partition coefficient (Wildman–Crippen LogP) is 1.41. The molecular formula is C17H25NO3S. The maximum absolute atomic E-state index is 11.7. The van der Waals surface area contributed by atoms with Gasteiger partial charge in [0.05, 0.1) is 23.7 Å². The molecule has 0 aromatic heterocycles. The van der Waals surface area contributed by atoms with Crippen molar-refractivity contribution < 1.29 is 13.5 Å². The maximum Gasteiger partial charge on any atom is 0.154 e. The van der Waals surface area contributed by atoms with Gasteiger partial charge in [0.1, 0.15) is 0 Å². The molecule has 3 unspecified atom stereocenters. The zero-order valence-corrected chi connectivity index (χ0v) is 13.9. The Morgan fingerprint density at radius 1 is 1.23 bits per heavy atom. The normalized spacial score (nSPS) is 32.2. The molecular weight excluding hydrogens is 298 g/mol. The van der Waals surface area contributed by atoms with E-state index in [-0.39, 0.29) is 17.5 Å². The quantitative estimate of drug-likeness (QED) is 0.914. The molecule has 0 radical (unpaired) electrons. The summed E-state index contributed by atoms with van der Waals surface area (Å²) < 4.78 is 23.4. The lowest BCUT2D eigenvalue weighted by atomic mass is 9.90. The number of rotatable bonds is 3. The van der Waals surface area contributed by atoms with Crippen molar-refractivity contribution in [3.8, 4) is 0 Å². The summed E-state index contributed by atoms with van der Waals surface area (Å²) in [5.74, 6) is 0.592. The van der Waals surface area contributed by atoms with E-state index in [1.165, 1.54) is 17.5 Å². The highest BCUT2D eigenvalue weighted by Crippen LogP contribution is 2.26. The smallest absolute Gasteiger partial charge is 0.154 e. The number of aliphatic hydroxyl groups is 1. The van der Waals surface area contributed by atoms with Gasteiger partial charge < -0.3 is 5.11 Å². The fourth-order valence-corrected chi connectivity index (χ4v) is 5.61. The van der Waals surface area contributed by atoms with Crippen LogP contribution in [0.15, 0.2) is 24.3 Å². The van der Waals surface area contributed by atoms with Crippen LogP contribution < -0.4 is 0 Å². The summed E-state index contributed by atoms with van der Waals surface area (Å²) >= 11 is 0. The summed E-state index contributed by atoms with van der Waals surface area (Å²) in [6, 6.07) is 8.45. The Hall–Kier alpha value is -0.910. The lowest BCUT2D eigenvalue weighted by molar-refractivity contribution is 0.0535. The van der Waals surface area contributed by atoms with Crippen LogP contribution in [0.3, 0.4) is 0 Å². The molecule has 3 rings (SSSR count). The molecule has 0 bridgehead atoms. The second kappa shape index (κ2) is 6.30. The zero-order chi connectivity index (χ0) is 15.7. The molecule has 2 heterocycles. The molecule has 0 aliphatic carbocycles. The van der Waals surface area contributed by atoms with Crippen LogP contribution in [-0.2, 0) is 16.3 Å². The average molecular weight is 323 g/mol. The Morgan fingerprint density at radius 3 is 2.59 bits per heavy atom. The van der Waals surface area contributed by atoms with Crippen molar-refractivity contribution in [1.29, 1.82) is 0 Å². The third-order valence-electron chi connectivity index (χ3n) is 4.96. The molecule has 22 heavy (non-hydrogen) atoms. The summed E-state index contributed by atoms with van der Waals surface area (Å²) in [6.45, 7) is 3.89. The fourth-order valence-electron chi connectivity index (χ4n) is 3.78. The van der Waals surface area contributed by atoms with E-state index in [0.29, 0.717) is 5.92 Å². The van der Waals surface area contributed by atoms with Gasteiger partial charge in [0, 0.05) is 6.54 Å². The minimum atomic E-state index is -3.07. The average Bonchev–Trinajstić information content (AvgIpc) is 2.75. The molecule has 1 aromatic carbocycles. The van der Waals surface area contributed by atoms with Gasteiger partial charge in [-0.15, -0.1) is 0 Å². The number of nitrogens with zero attached hydrogens (tertiary/aromatic N) is 1. The number of hydrogen-bond acceptors (Lipinski definition) is 4. The van der Waals surface area contributed by atoms with Crippen LogP contribution in [0.4, 0.5) is 0 Å². The Balaban J connectivity index is 1.63. The van der Waals surface area contributed by atoms with Crippen molar-refractivity contribution in [3.63, 3.8) is 0 Å². The first-order valence-corrected chi connectivity index (χ1v) is 9.93. The highest BCUT2D eigenvalue weighted by atomic mass is 32.2. The van der Waals surface area contributed by atoms with Gasteiger partial charge in [-0.05, 0) is 44.2 Å². The number of aliphatic hydroxyl groups excluding tert-OH is 1. The molecule has 122 valence electrons. The minimum absolute atomic E-state index is 0.0726. The fraction of sp³-hybridized carbons (Fsp3) is 0.647. The summed E-state index contributed by atoms with van der Waals surface area (Å²) in [5, 5.41) is 10.1. The highest BCUT2D eigenvalue weighted by Gasteiger charge is 2.41. The van der Waals surface area contributed by atoms with E-state index in [4.69, 9.17) is 0 Å². The van der Waals surface area contributed by atoms with Crippen LogP contribution in [0.25, 0.3) is 0 Å². The molecule has 1 N–H and O–H groups in total. The van der Waals surface area contributed by atoms with Crippen LogP contribution in [0.1, 0.15) is 24.0 Å². The zero-order valence-electron chi connectivity index (χ0n) is 13.1. The summed E-state index contributed by atoms with van der Waals surface area (Å²) in [4.78, 5) is 2.21. The summed E-state index contributed by atoms with van der Waals surface area (Å²) in [5.41, 5.74) is 2.62. The predicted molar refractivity (Wildman–Crippen MR) is 87.6 cm³/mol. The van der Waals surface area contributed by atoms with E-state index in [0.717, 1.165) is 25.9 Å². The molecule has 2 aliphatic rings. The number of hydrogen-bond donors (Lipinski definition) is 1. The minimum Gasteiger partial charge on any atom is -0.390 e. The first-order valence-electron chi connectivity index (χ1n) is 8.11. The monoisotopic (exact) mass is 323 g/mol. The Bertz CT molecular complexity index is 611. The van der Waals surface area contributed by atoms with E-state index in [1.54, 1.807) is 0 Å². The second-order valence-corrected chi connectivity index (χ2v) is 9.06. The van der Waals surface area contributed by atoms with Gasteiger partial charge in [0.2, 0.25) is 0 Å². The molecule has 5 heteroatoms. The van der Waals surface area contributed by atoms with E-state index in [1.807, 2.05) is 0 Å². The number of likely N-dealkylation sites (tertiary alicyclic amines) is 1. The van der Waals surface area contributed by atoms with Crippen LogP contribution in [0, 0.1) is 12.8 Å². The van der Waals surface area contributed by atoms with Crippen molar-refractivity contribution >= 4 is 9.84 Å². The van der Waals surface area contributed by atoms with Gasteiger partial charge >= 0.3 is 0 Å². The van der Waals surface area contributed by atoms with Crippen molar-refractivity contribution in [2.24, 2.45) is 5.92 Å². The Morgan fingerprint density at radius 2 is 1.95 bits per heavy atom. The molecule has 0 spiro atoms. The third-order valence-corrected chi connectivity index (χ3v) is 6.66. The van der Waals surface area contributed by atoms with Gasteiger partial charge in [-0.2, -0.15) is 0 Å². The largest absolute Gasteiger partial charge is 0.390 e. The highest BCUT2D eigenvalue weighted by molar-refractivity contribution is 7.91. The maximum atomic E-state index is 11.7. The van der Waals surface area contributed by atoms with Crippen LogP contribution in [-0.4, -0.2) is 55.2 Å². The second-order valence-electron chi connectivity index (χ2n) is 6.90. The first kappa shape index (κ1) is 16.0. The van der Waals surface area contributed by atoms with E-state index < -0.39 is 15.9 Å². The van der Waals surface area contributed by atoms with Gasteiger partial charge in [-0.1, -0.05) is 29.8 Å². The summed E-state index contributed by atoms with van der Waals surface area (Å²) in [7, 11) is -3.07. The number of aryl methyl sites for hydroxylation is 1. The number of piperidine rings is 1. The van der Waals surface area contributed by atoms with Crippen molar-refractivity contribution in [3.05, 3.63) is 35.4 Å². The summed E-state index contributed by atoms with van der Waals surface area (Å²) in [6.07, 6.45) is 2.58. The van der Waals surface area contributed by atoms with Gasteiger partial charge in [-0.25, -0.2) is 8.42 Å². The molecule has 2 fully saturated rings. The standard InChI is InChI=1S/C17H25NO3S/c1-13-4-6-14(7-5-13)9-15-3-2-8-18(10-15)16-11-22(20,21)12-17(16)19/h4-7,15-17,19H,2-3,8-12H2,1H3. The molecule has 0 amide bonds. The molecule has 1 aromatic rings. The van der Waals surface area contributed by atoms with Crippen molar-refractivity contribution in [2.45, 2.75) is 38.3 Å². The molecule has 0 saturated carbocycles. The van der Waals surface area contributed by atoms with Crippen LogP contribution in [0.5, 0.6) is 0 Å². The van der Waals surface area contributed by atoms with Crippen LogP contribution >= 0.6 is 0 Å². The van der Waals surface area contributed by atoms with Gasteiger partial charge in [0.25, 0.3) is 0 Å². The van der Waals surface area contributed by atoms with Crippen molar-refractivity contribution in [1.82, 2.24) is 4.90 Å². The van der Waals surface area contributed by atoms with Gasteiger partial charge in [0.15, 0.2) is 9.84 Å². The first-order chi connectivity index (χ1) is 10.4. The van der Waals surface area contributed by atoms with E-state index in [2.05, 4.69) is 36.1 Å². The SMILES string of the molecule is Cc1ccc(CC2CCCN(C3CS(=O)(=O)CC3O)C2)cc1. The van der Waals surface area contributed by atoms with Crippen LogP contribution in [0.2, 0.25) is 0 Å². The lowest BCUT2D eigenvalue weighted by Gasteiger charge is -2.37.